The van der Waals surface area contributed by atoms with Gasteiger partial charge in [0, 0.05) is 26.2 Å². The normalized spacial score (nSPS) is 13.5. The van der Waals surface area contributed by atoms with Gasteiger partial charge in [-0.15, -0.1) is 0 Å². The molecule has 0 saturated carbocycles. The van der Waals surface area contributed by atoms with Crippen molar-refractivity contribution < 1.29 is 4.74 Å². The van der Waals surface area contributed by atoms with Crippen LogP contribution in [-0.4, -0.2) is 20.7 Å². The van der Waals surface area contributed by atoms with Crippen LogP contribution >= 0.6 is 0 Å². The number of rotatable bonds is 9. The van der Waals surface area contributed by atoms with E-state index in [0.717, 1.165) is 31.6 Å². The van der Waals surface area contributed by atoms with E-state index in [0.29, 0.717) is 5.92 Å². The van der Waals surface area contributed by atoms with E-state index in [1.54, 1.807) is 0 Å². The Morgan fingerprint density at radius 2 is 1.67 bits per heavy atom. The van der Waals surface area contributed by atoms with Gasteiger partial charge in [-0.2, -0.15) is 0 Å². The summed E-state index contributed by atoms with van der Waals surface area (Å²) in [6.45, 7) is 0.828. The van der Waals surface area contributed by atoms with Crippen molar-refractivity contribution in [2.24, 2.45) is 0 Å². The van der Waals surface area contributed by atoms with Crippen molar-refractivity contribution in [3.05, 3.63) is 95.1 Å². The predicted octanol–water partition coefficient (Wildman–Crippen LogP) is 6.43. The Bertz CT molecular complexity index is 931. The highest BCUT2D eigenvalue weighted by Crippen LogP contribution is 2.33. The van der Waals surface area contributed by atoms with Gasteiger partial charge >= 0.3 is 0 Å². The van der Waals surface area contributed by atoms with Crippen molar-refractivity contribution in [1.82, 2.24) is 0 Å². The maximum absolute atomic E-state index is 5.85. The van der Waals surface area contributed by atoms with E-state index in [4.69, 9.17) is 4.74 Å². The first-order chi connectivity index (χ1) is 14.7. The average molecular weight is 400 g/mol. The van der Waals surface area contributed by atoms with Gasteiger partial charge < -0.3 is 9.64 Å². The number of benzene rings is 3. The number of anilines is 1. The van der Waals surface area contributed by atoms with Gasteiger partial charge in [0.25, 0.3) is 0 Å². The van der Waals surface area contributed by atoms with Crippen molar-refractivity contribution in [1.29, 1.82) is 0 Å². The second kappa shape index (κ2) is 9.84. The number of unbranched alkanes of at least 4 members (excludes halogenated alkanes) is 1. The Morgan fingerprint density at radius 3 is 2.43 bits per heavy atom. The van der Waals surface area contributed by atoms with Crippen molar-refractivity contribution in [3.8, 4) is 5.75 Å². The zero-order valence-electron chi connectivity index (χ0n) is 18.3. The SMILES string of the molecule is CN(C)c1ccc(CCCCC(Cc2ccccc2)c2ccc3c(c2)OCC3)cc1. The third kappa shape index (κ3) is 5.24. The summed E-state index contributed by atoms with van der Waals surface area (Å²) in [7, 11) is 4.18. The van der Waals surface area contributed by atoms with E-state index in [-0.39, 0.29) is 0 Å². The van der Waals surface area contributed by atoms with Crippen molar-refractivity contribution in [2.45, 2.75) is 44.4 Å². The first-order valence-corrected chi connectivity index (χ1v) is 11.2. The molecule has 2 heteroatoms. The van der Waals surface area contributed by atoms with E-state index in [1.165, 1.54) is 47.2 Å². The lowest BCUT2D eigenvalue weighted by Gasteiger charge is -2.19. The highest BCUT2D eigenvalue weighted by Gasteiger charge is 2.17. The van der Waals surface area contributed by atoms with Crippen LogP contribution in [0.4, 0.5) is 5.69 Å². The Kier molecular flexibility index (Phi) is 6.74. The predicted molar refractivity (Wildman–Crippen MR) is 127 cm³/mol. The van der Waals surface area contributed by atoms with Gasteiger partial charge in [0.15, 0.2) is 0 Å². The van der Waals surface area contributed by atoms with Crippen LogP contribution in [-0.2, 0) is 19.3 Å². The smallest absolute Gasteiger partial charge is 0.122 e. The molecule has 2 nitrogen and oxygen atoms in total. The first-order valence-electron chi connectivity index (χ1n) is 11.2. The molecule has 1 aliphatic heterocycles. The van der Waals surface area contributed by atoms with E-state index in [1.807, 2.05) is 0 Å². The fraction of sp³-hybridized carbons (Fsp3) is 0.357. The Morgan fingerprint density at radius 1 is 0.867 bits per heavy atom. The molecule has 3 aromatic carbocycles. The largest absolute Gasteiger partial charge is 0.493 e. The number of nitrogens with zero attached hydrogens (tertiary/aromatic N) is 1. The number of ether oxygens (including phenoxy) is 1. The molecule has 30 heavy (non-hydrogen) atoms. The topological polar surface area (TPSA) is 12.5 Å². The first kappa shape index (κ1) is 20.5. The summed E-state index contributed by atoms with van der Waals surface area (Å²) < 4.78 is 5.85. The molecule has 0 amide bonds. The summed E-state index contributed by atoms with van der Waals surface area (Å²) in [4.78, 5) is 2.15. The highest BCUT2D eigenvalue weighted by molar-refractivity contribution is 5.46. The fourth-order valence-electron chi connectivity index (χ4n) is 4.40. The van der Waals surface area contributed by atoms with E-state index >= 15 is 0 Å². The van der Waals surface area contributed by atoms with Gasteiger partial charge in [0.05, 0.1) is 6.61 Å². The fourth-order valence-corrected chi connectivity index (χ4v) is 4.40. The van der Waals surface area contributed by atoms with Crippen LogP contribution in [0.1, 0.15) is 47.4 Å². The van der Waals surface area contributed by atoms with Crippen LogP contribution in [0.25, 0.3) is 0 Å². The third-order valence-corrected chi connectivity index (χ3v) is 6.24. The average Bonchev–Trinajstić information content (AvgIpc) is 3.25. The third-order valence-electron chi connectivity index (χ3n) is 6.24. The summed E-state index contributed by atoms with van der Waals surface area (Å²) in [5, 5.41) is 0. The maximum atomic E-state index is 5.85. The molecule has 0 spiro atoms. The minimum atomic E-state index is 0.540. The lowest BCUT2D eigenvalue weighted by molar-refractivity contribution is 0.356. The summed E-state index contributed by atoms with van der Waals surface area (Å²) >= 11 is 0. The zero-order chi connectivity index (χ0) is 20.8. The Hall–Kier alpha value is -2.74. The van der Waals surface area contributed by atoms with Gasteiger partial charge in [0.1, 0.15) is 5.75 Å². The number of fused-ring (bicyclic) bond motifs is 1. The van der Waals surface area contributed by atoms with Crippen LogP contribution in [0.3, 0.4) is 0 Å². The summed E-state index contributed by atoms with van der Waals surface area (Å²) in [6.07, 6.45) is 6.98. The number of hydrogen-bond donors (Lipinski definition) is 0. The minimum absolute atomic E-state index is 0.540. The van der Waals surface area contributed by atoms with Gasteiger partial charge in [-0.1, -0.05) is 61.0 Å². The molecule has 0 radical (unpaired) electrons. The summed E-state index contributed by atoms with van der Waals surface area (Å²) in [5.74, 6) is 1.64. The van der Waals surface area contributed by atoms with Crippen LogP contribution < -0.4 is 9.64 Å². The second-order valence-corrected chi connectivity index (χ2v) is 8.66. The van der Waals surface area contributed by atoms with Crippen molar-refractivity contribution in [2.75, 3.05) is 25.6 Å². The molecule has 0 saturated heterocycles. The number of aryl methyl sites for hydroxylation is 1. The van der Waals surface area contributed by atoms with Crippen molar-refractivity contribution >= 4 is 5.69 Å². The molecular formula is C28H33NO. The van der Waals surface area contributed by atoms with E-state index < -0.39 is 0 Å². The monoisotopic (exact) mass is 399 g/mol. The molecule has 0 aliphatic carbocycles. The molecule has 1 atom stereocenters. The maximum Gasteiger partial charge on any atom is 0.122 e. The molecule has 4 rings (SSSR count). The molecule has 1 aliphatic rings. The highest BCUT2D eigenvalue weighted by atomic mass is 16.5. The van der Waals surface area contributed by atoms with Crippen LogP contribution in [0, 0.1) is 0 Å². The lowest BCUT2D eigenvalue weighted by atomic mass is 9.86. The van der Waals surface area contributed by atoms with Crippen LogP contribution in [0.2, 0.25) is 0 Å². The van der Waals surface area contributed by atoms with Crippen molar-refractivity contribution in [3.63, 3.8) is 0 Å². The molecular weight excluding hydrogens is 366 g/mol. The molecule has 0 fully saturated rings. The van der Waals surface area contributed by atoms with Gasteiger partial charge in [0.2, 0.25) is 0 Å². The van der Waals surface area contributed by atoms with Gasteiger partial charge in [-0.25, -0.2) is 0 Å². The molecule has 156 valence electrons. The Balaban J connectivity index is 1.38. The Labute approximate surface area is 181 Å². The quantitative estimate of drug-likeness (QED) is 0.385. The van der Waals surface area contributed by atoms with E-state index in [9.17, 15) is 0 Å². The molecule has 0 N–H and O–H groups in total. The lowest BCUT2D eigenvalue weighted by Crippen LogP contribution is -2.08. The zero-order valence-corrected chi connectivity index (χ0v) is 18.3. The minimum Gasteiger partial charge on any atom is -0.493 e. The van der Waals surface area contributed by atoms with Crippen LogP contribution in [0.5, 0.6) is 5.75 Å². The molecule has 0 bridgehead atoms. The molecule has 1 unspecified atom stereocenters. The van der Waals surface area contributed by atoms with Gasteiger partial charge in [-0.3, -0.25) is 0 Å². The number of hydrogen-bond acceptors (Lipinski definition) is 2. The second-order valence-electron chi connectivity index (χ2n) is 8.66. The molecule has 3 aromatic rings. The summed E-state index contributed by atoms with van der Waals surface area (Å²) in [6, 6.07) is 26.8. The van der Waals surface area contributed by atoms with Gasteiger partial charge in [-0.05, 0) is 72.1 Å². The molecule has 0 aromatic heterocycles. The summed E-state index contributed by atoms with van der Waals surface area (Å²) in [5.41, 5.74) is 6.91. The van der Waals surface area contributed by atoms with E-state index in [2.05, 4.69) is 91.8 Å². The van der Waals surface area contributed by atoms with Crippen LogP contribution in [0.15, 0.2) is 72.8 Å². The molecule has 1 heterocycles. The standard InChI is InChI=1S/C28H33NO/c1-29(2)27-16-12-22(13-17-27)8-6-7-11-25(20-23-9-4-3-5-10-23)26-15-14-24-18-19-30-28(24)21-26/h3-5,9-10,12-17,21,25H,6-8,11,18-20H2,1-2H3.